The van der Waals surface area contributed by atoms with Crippen molar-refractivity contribution in [2.24, 2.45) is 4.36 Å². The van der Waals surface area contributed by atoms with Crippen LogP contribution in [0, 0.1) is 0 Å². The van der Waals surface area contributed by atoms with E-state index in [2.05, 4.69) is 24.0 Å². The molecule has 1 aliphatic carbocycles. The van der Waals surface area contributed by atoms with E-state index in [0.29, 0.717) is 34.5 Å². The first-order valence-corrected chi connectivity index (χ1v) is 22.2. The van der Waals surface area contributed by atoms with Gasteiger partial charge in [-0.15, -0.1) is 0 Å². The van der Waals surface area contributed by atoms with Crippen LogP contribution in [-0.4, -0.2) is 87.7 Å². The quantitative estimate of drug-likeness (QED) is 0.139. The lowest BCUT2D eigenvalue weighted by Gasteiger charge is -2.19. The van der Waals surface area contributed by atoms with Crippen molar-refractivity contribution in [2.45, 2.75) is 74.9 Å². The second-order valence-corrected chi connectivity index (χ2v) is 22.5. The number of nitrogens with zero attached hydrogens (tertiary/aromatic N) is 4. The Morgan fingerprint density at radius 3 is 2.34 bits per heavy atom. The van der Waals surface area contributed by atoms with Crippen molar-refractivity contribution < 1.29 is 28.3 Å². The van der Waals surface area contributed by atoms with Crippen LogP contribution < -0.4 is 4.74 Å². The molecule has 7 rings (SSSR count). The summed E-state index contributed by atoms with van der Waals surface area (Å²) >= 11 is 6.81. The number of hydrogen-bond donors (Lipinski definition) is 1. The van der Waals surface area contributed by atoms with E-state index < -0.39 is 36.1 Å². The largest absolute Gasteiger partial charge is 0.456 e. The third kappa shape index (κ3) is 7.14. The molecule has 0 amide bonds. The predicted molar refractivity (Wildman–Crippen MR) is 187 cm³/mol. The molecule has 4 heterocycles. The fourth-order valence-corrected chi connectivity index (χ4v) is 8.66. The third-order valence-electron chi connectivity index (χ3n) is 8.88. The number of aliphatic hydroxyl groups excluding tert-OH is 1. The molecule has 3 aliphatic rings. The maximum absolute atomic E-state index is 12.8. The van der Waals surface area contributed by atoms with Gasteiger partial charge in [-0.1, -0.05) is 67.6 Å². The molecule has 250 valence electrons. The predicted octanol–water partition coefficient (Wildman–Crippen LogP) is 6.53. The number of aliphatic hydroxyl groups is 1. The summed E-state index contributed by atoms with van der Waals surface area (Å²) in [7, 11) is -3.47. The van der Waals surface area contributed by atoms with E-state index in [9.17, 15) is 9.32 Å². The number of benzene rings is 2. The number of hydrogen-bond acceptors (Lipinski definition) is 9. The molecule has 47 heavy (non-hydrogen) atoms. The number of ether oxygens (including phenoxy) is 4. The Morgan fingerprint density at radius 2 is 1.66 bits per heavy atom. The molecule has 1 saturated carbocycles. The molecule has 0 radical (unpaired) electrons. The standard InChI is InChI=1S/C34H41ClN4O6SSi/c1-46(41,25-13-14-25)38-24-11-9-22(10-12-24)21-5-7-23(8-6-21)30-26(35)17-27-33(37-30)39(20-42-15-16-47(2,3)4)34(36-27)45-29-19-44-31-28(40)18-43-32(29)31/h5-12,17,25,28-29,31-32,40H,13-16,18-20H2,1-4H3/t28-,29-,31-,32-,46?/m1/s1. The fourth-order valence-electron chi connectivity index (χ4n) is 5.95. The highest BCUT2D eigenvalue weighted by atomic mass is 35.5. The normalized spacial score (nSPS) is 24.0. The first kappa shape index (κ1) is 32.7. The average molecular weight is 697 g/mol. The smallest absolute Gasteiger partial charge is 0.301 e. The van der Waals surface area contributed by atoms with Gasteiger partial charge >= 0.3 is 6.01 Å². The highest BCUT2D eigenvalue weighted by molar-refractivity contribution is 7.93. The molecule has 2 aromatic heterocycles. The van der Waals surface area contributed by atoms with Gasteiger partial charge in [-0.05, 0) is 48.2 Å². The summed E-state index contributed by atoms with van der Waals surface area (Å²) in [4.78, 5) is 9.74. The molecule has 13 heteroatoms. The summed E-state index contributed by atoms with van der Waals surface area (Å²) in [6.45, 7) is 8.28. The van der Waals surface area contributed by atoms with Crippen molar-refractivity contribution in [2.75, 3.05) is 26.1 Å². The van der Waals surface area contributed by atoms with Crippen LogP contribution in [-0.2, 0) is 30.7 Å². The molecule has 1 unspecified atom stereocenters. The van der Waals surface area contributed by atoms with E-state index in [1.807, 2.05) is 53.1 Å². The van der Waals surface area contributed by atoms with Crippen LogP contribution in [0.15, 0.2) is 59.0 Å². The summed E-state index contributed by atoms with van der Waals surface area (Å²) in [5.74, 6) is 0. The van der Waals surface area contributed by atoms with Gasteiger partial charge in [0.1, 0.15) is 30.6 Å². The molecule has 0 spiro atoms. The molecule has 2 aliphatic heterocycles. The summed E-state index contributed by atoms with van der Waals surface area (Å²) in [6.07, 6.45) is 1.86. The zero-order valence-corrected chi connectivity index (χ0v) is 29.7. The lowest BCUT2D eigenvalue weighted by molar-refractivity contribution is 0.00336. The minimum Gasteiger partial charge on any atom is -0.456 e. The lowest BCUT2D eigenvalue weighted by atomic mass is 10.0. The Hall–Kier alpha value is -2.84. The van der Waals surface area contributed by atoms with E-state index in [1.165, 1.54) is 0 Å². The van der Waals surface area contributed by atoms with Crippen molar-refractivity contribution in [3.63, 3.8) is 0 Å². The zero-order chi connectivity index (χ0) is 32.9. The van der Waals surface area contributed by atoms with Gasteiger partial charge in [-0.3, -0.25) is 4.57 Å². The van der Waals surface area contributed by atoms with Gasteiger partial charge in [0.15, 0.2) is 11.8 Å². The second-order valence-electron chi connectivity index (χ2n) is 13.9. The number of fused-ring (bicyclic) bond motifs is 2. The number of rotatable bonds is 11. The first-order chi connectivity index (χ1) is 22.4. The summed E-state index contributed by atoms with van der Waals surface area (Å²) in [5, 5.41) is 10.9. The monoisotopic (exact) mass is 696 g/mol. The van der Waals surface area contributed by atoms with Crippen molar-refractivity contribution in [3.8, 4) is 28.4 Å². The van der Waals surface area contributed by atoms with Crippen LogP contribution in [0.25, 0.3) is 33.5 Å². The highest BCUT2D eigenvalue weighted by Gasteiger charge is 2.49. The van der Waals surface area contributed by atoms with Crippen molar-refractivity contribution in [3.05, 3.63) is 59.6 Å². The van der Waals surface area contributed by atoms with Gasteiger partial charge in [0.2, 0.25) is 0 Å². The van der Waals surface area contributed by atoms with Crippen LogP contribution in [0.5, 0.6) is 6.01 Å². The van der Waals surface area contributed by atoms with Crippen LogP contribution in [0.3, 0.4) is 0 Å². The fraction of sp³-hybridized carbons (Fsp3) is 0.471. The Kier molecular flexibility index (Phi) is 8.96. The van der Waals surface area contributed by atoms with Gasteiger partial charge in [0.25, 0.3) is 0 Å². The third-order valence-corrected chi connectivity index (χ3v) is 13.2. The van der Waals surface area contributed by atoms with E-state index in [4.69, 9.17) is 40.5 Å². The highest BCUT2D eigenvalue weighted by Crippen LogP contribution is 2.36. The van der Waals surface area contributed by atoms with Gasteiger partial charge in [0, 0.05) is 31.7 Å². The van der Waals surface area contributed by atoms with E-state index in [0.717, 1.165) is 41.3 Å². The van der Waals surface area contributed by atoms with Gasteiger partial charge in [-0.2, -0.15) is 9.35 Å². The molecular formula is C34H41ClN4O6SSi. The van der Waals surface area contributed by atoms with Crippen molar-refractivity contribution in [1.29, 1.82) is 0 Å². The second kappa shape index (κ2) is 12.9. The molecule has 4 aromatic rings. The van der Waals surface area contributed by atoms with E-state index >= 15 is 0 Å². The van der Waals surface area contributed by atoms with E-state index in [1.54, 1.807) is 12.3 Å². The lowest BCUT2D eigenvalue weighted by Crippen LogP contribution is -2.35. The van der Waals surface area contributed by atoms with Crippen LogP contribution in [0.4, 0.5) is 5.69 Å². The van der Waals surface area contributed by atoms with Gasteiger partial charge < -0.3 is 24.1 Å². The Labute approximate surface area is 281 Å². The average Bonchev–Trinajstić information content (AvgIpc) is 3.63. The first-order valence-electron chi connectivity index (χ1n) is 16.1. The molecule has 2 saturated heterocycles. The molecule has 5 atom stereocenters. The molecular weight excluding hydrogens is 656 g/mol. The topological polar surface area (TPSA) is 117 Å². The summed E-state index contributed by atoms with van der Waals surface area (Å²) < 4.78 is 43.2. The van der Waals surface area contributed by atoms with Crippen LogP contribution >= 0.6 is 11.6 Å². The molecule has 2 aromatic carbocycles. The maximum atomic E-state index is 12.8. The minimum atomic E-state index is -2.18. The SMILES string of the molecule is C[Si](C)(C)CCOCn1c(O[C@@H]2CO[C@H]3[C@@H]2OC[C@H]3O)nc2cc(Cl)c(-c3ccc(-c4ccc(N=S(C)(=O)C5CC5)cc4)cc3)nc21. The summed E-state index contributed by atoms with van der Waals surface area (Å²) in [5.41, 5.74) is 5.47. The Balaban J connectivity index is 1.15. The molecule has 1 N–H and O–H groups in total. The number of imidazole rings is 1. The van der Waals surface area contributed by atoms with E-state index in [-0.39, 0.29) is 31.3 Å². The zero-order valence-electron chi connectivity index (χ0n) is 27.1. The van der Waals surface area contributed by atoms with Crippen LogP contribution in [0.1, 0.15) is 12.8 Å². The Morgan fingerprint density at radius 1 is 1.00 bits per heavy atom. The molecule has 10 nitrogen and oxygen atoms in total. The number of pyridine rings is 1. The molecule has 0 bridgehead atoms. The van der Waals surface area contributed by atoms with Crippen LogP contribution in [0.2, 0.25) is 30.7 Å². The maximum Gasteiger partial charge on any atom is 0.301 e. The van der Waals surface area contributed by atoms with Crippen molar-refractivity contribution >= 4 is 46.3 Å². The number of halogens is 1. The number of aromatic nitrogens is 3. The van der Waals surface area contributed by atoms with Gasteiger partial charge in [0.05, 0.1) is 39.3 Å². The van der Waals surface area contributed by atoms with Gasteiger partial charge in [-0.25, -0.2) is 9.19 Å². The molecule has 3 fully saturated rings. The minimum absolute atomic E-state index is 0.213. The summed E-state index contributed by atoms with van der Waals surface area (Å²) in [6, 6.07) is 19.1. The van der Waals surface area contributed by atoms with Crippen molar-refractivity contribution in [1.82, 2.24) is 14.5 Å². The Bertz CT molecular complexity index is 1880.